The molecule has 0 saturated heterocycles. The zero-order chi connectivity index (χ0) is 17.9. The number of nitrogens with one attached hydrogen (secondary N) is 1. The Morgan fingerprint density at radius 3 is 2.81 bits per heavy atom. The number of rotatable bonds is 3. The summed E-state index contributed by atoms with van der Waals surface area (Å²) in [5, 5.41) is 2.56. The topological polar surface area (TPSA) is 64.2 Å². The molecule has 0 bridgehead atoms. The molecule has 6 nitrogen and oxygen atoms in total. The Morgan fingerprint density at radius 1 is 1.19 bits per heavy atom. The first-order valence-corrected chi connectivity index (χ1v) is 8.42. The van der Waals surface area contributed by atoms with Crippen LogP contribution in [-0.2, 0) is 11.8 Å². The Labute approximate surface area is 148 Å². The van der Waals surface area contributed by atoms with Crippen molar-refractivity contribution >= 4 is 28.4 Å². The molecule has 130 valence electrons. The molecule has 0 atom stereocenters. The molecule has 1 N–H and O–H groups in total. The summed E-state index contributed by atoms with van der Waals surface area (Å²) in [6.45, 7) is 0. The van der Waals surface area contributed by atoms with Crippen LogP contribution in [0.4, 0.5) is 10.2 Å². The van der Waals surface area contributed by atoms with Gasteiger partial charge in [-0.2, -0.15) is 0 Å². The number of amides is 1. The van der Waals surface area contributed by atoms with E-state index in [1.807, 2.05) is 46.5 Å². The van der Waals surface area contributed by atoms with Crippen LogP contribution in [0.1, 0.15) is 12.8 Å². The summed E-state index contributed by atoms with van der Waals surface area (Å²) in [6, 6.07) is 9.95. The number of anilines is 1. The Morgan fingerprint density at radius 2 is 2.00 bits per heavy atom. The molecule has 1 saturated carbocycles. The predicted molar refractivity (Wildman–Crippen MR) is 96.6 cm³/mol. The van der Waals surface area contributed by atoms with Crippen LogP contribution in [0, 0.1) is 0 Å². The quantitative estimate of drug-likeness (QED) is 0.617. The molecule has 0 unspecified atom stereocenters. The highest BCUT2D eigenvalue weighted by atomic mass is 19.1. The normalized spacial score (nSPS) is 15.5. The average Bonchev–Trinajstić information content (AvgIpc) is 3.11. The van der Waals surface area contributed by atoms with Crippen LogP contribution in [0.25, 0.3) is 27.8 Å². The van der Waals surface area contributed by atoms with Crippen molar-refractivity contribution in [2.24, 2.45) is 7.05 Å². The highest BCUT2D eigenvalue weighted by molar-refractivity contribution is 5.98. The second-order valence-electron chi connectivity index (χ2n) is 6.79. The van der Waals surface area contributed by atoms with Crippen molar-refractivity contribution in [3.05, 3.63) is 49.1 Å². The van der Waals surface area contributed by atoms with Gasteiger partial charge in [0.25, 0.3) is 5.91 Å². The molecule has 4 aromatic rings. The molecule has 0 aliphatic heterocycles. The summed E-state index contributed by atoms with van der Waals surface area (Å²) in [5.74, 6) is -0.249. The minimum Gasteiger partial charge on any atom is -0.334 e. The SMILES string of the molecule is Cn1cnc2ccc(-c3ccc4nc(NC(=O)C5(F)CC5)cn4c3)cc21. The van der Waals surface area contributed by atoms with Crippen molar-refractivity contribution in [1.82, 2.24) is 18.9 Å². The van der Waals surface area contributed by atoms with Crippen LogP contribution in [-0.4, -0.2) is 30.5 Å². The van der Waals surface area contributed by atoms with Gasteiger partial charge in [0.2, 0.25) is 0 Å². The zero-order valence-corrected chi connectivity index (χ0v) is 14.1. The van der Waals surface area contributed by atoms with Crippen molar-refractivity contribution in [1.29, 1.82) is 0 Å². The Balaban J connectivity index is 1.50. The summed E-state index contributed by atoms with van der Waals surface area (Å²) in [4.78, 5) is 20.5. The smallest absolute Gasteiger partial charge is 0.263 e. The fraction of sp³-hybridized carbons (Fsp3) is 0.211. The number of carbonyl (C=O) groups excluding carboxylic acids is 1. The van der Waals surface area contributed by atoms with E-state index in [1.54, 1.807) is 12.5 Å². The van der Waals surface area contributed by atoms with Crippen molar-refractivity contribution < 1.29 is 9.18 Å². The first kappa shape index (κ1) is 15.1. The van der Waals surface area contributed by atoms with E-state index < -0.39 is 11.6 Å². The second kappa shape index (κ2) is 5.14. The third-order valence-electron chi connectivity index (χ3n) is 4.85. The van der Waals surface area contributed by atoms with E-state index in [9.17, 15) is 9.18 Å². The molecular weight excluding hydrogens is 333 g/mol. The molecule has 1 aliphatic carbocycles. The third-order valence-corrected chi connectivity index (χ3v) is 4.85. The van der Waals surface area contributed by atoms with Crippen LogP contribution in [0.15, 0.2) is 49.1 Å². The van der Waals surface area contributed by atoms with Crippen LogP contribution >= 0.6 is 0 Å². The van der Waals surface area contributed by atoms with E-state index >= 15 is 0 Å². The summed E-state index contributed by atoms with van der Waals surface area (Å²) < 4.78 is 17.6. The summed E-state index contributed by atoms with van der Waals surface area (Å²) in [6.07, 6.45) is 6.00. The van der Waals surface area contributed by atoms with Gasteiger partial charge in [-0.15, -0.1) is 0 Å². The molecule has 1 aromatic carbocycles. The number of aromatic nitrogens is 4. The summed E-state index contributed by atoms with van der Waals surface area (Å²) >= 11 is 0. The van der Waals surface area contributed by atoms with Gasteiger partial charge in [0, 0.05) is 13.2 Å². The molecule has 1 fully saturated rings. The van der Waals surface area contributed by atoms with E-state index in [-0.39, 0.29) is 12.8 Å². The molecule has 0 radical (unpaired) electrons. The lowest BCUT2D eigenvalue weighted by Crippen LogP contribution is -2.25. The van der Waals surface area contributed by atoms with E-state index in [2.05, 4.69) is 21.4 Å². The molecular formula is C19H16FN5O. The highest BCUT2D eigenvalue weighted by Gasteiger charge is 2.51. The number of benzene rings is 1. The number of hydrogen-bond acceptors (Lipinski definition) is 3. The lowest BCUT2D eigenvalue weighted by molar-refractivity contribution is -0.122. The molecule has 3 aromatic heterocycles. The van der Waals surface area contributed by atoms with Gasteiger partial charge in [-0.3, -0.25) is 4.79 Å². The number of alkyl halides is 1. The number of aryl methyl sites for hydroxylation is 1. The van der Waals surface area contributed by atoms with Crippen molar-refractivity contribution in [3.8, 4) is 11.1 Å². The van der Waals surface area contributed by atoms with E-state index in [0.717, 1.165) is 22.2 Å². The van der Waals surface area contributed by atoms with Crippen molar-refractivity contribution in [3.63, 3.8) is 0 Å². The molecule has 1 aliphatic rings. The molecule has 3 heterocycles. The predicted octanol–water partition coefficient (Wildman–Crippen LogP) is 3.33. The minimum absolute atomic E-state index is 0.285. The van der Waals surface area contributed by atoms with Crippen molar-refractivity contribution in [2.45, 2.75) is 18.5 Å². The van der Waals surface area contributed by atoms with E-state index in [0.29, 0.717) is 11.5 Å². The fourth-order valence-electron chi connectivity index (χ4n) is 3.09. The minimum atomic E-state index is -1.71. The molecule has 0 spiro atoms. The number of pyridine rings is 1. The number of halogens is 1. The van der Waals surface area contributed by atoms with Crippen LogP contribution in [0.5, 0.6) is 0 Å². The van der Waals surface area contributed by atoms with E-state index in [1.165, 1.54) is 0 Å². The first-order chi connectivity index (χ1) is 12.5. The van der Waals surface area contributed by atoms with Gasteiger partial charge in [0.1, 0.15) is 5.65 Å². The van der Waals surface area contributed by atoms with Crippen LogP contribution in [0.3, 0.4) is 0 Å². The number of imidazole rings is 2. The average molecular weight is 349 g/mol. The second-order valence-corrected chi connectivity index (χ2v) is 6.79. The van der Waals surface area contributed by atoms with Gasteiger partial charge in [0.15, 0.2) is 11.5 Å². The van der Waals surface area contributed by atoms with Crippen LogP contribution in [0.2, 0.25) is 0 Å². The third kappa shape index (κ3) is 2.35. The first-order valence-electron chi connectivity index (χ1n) is 8.42. The van der Waals surface area contributed by atoms with Gasteiger partial charge in [0.05, 0.1) is 23.6 Å². The monoisotopic (exact) mass is 349 g/mol. The Bertz CT molecular complexity index is 1170. The molecule has 5 rings (SSSR count). The zero-order valence-electron chi connectivity index (χ0n) is 14.1. The fourth-order valence-corrected chi connectivity index (χ4v) is 3.09. The highest BCUT2D eigenvalue weighted by Crippen LogP contribution is 2.40. The summed E-state index contributed by atoms with van der Waals surface area (Å²) in [7, 11) is 1.96. The standard InChI is InChI=1S/C19H16FN5O/c1-24-11-21-14-4-2-12(8-15(14)24)13-3-5-17-22-16(10-25(17)9-13)23-18(26)19(20)6-7-19/h2-5,8-11H,6-7H2,1H3,(H,23,26). The number of nitrogens with zero attached hydrogens (tertiary/aromatic N) is 4. The summed E-state index contributed by atoms with van der Waals surface area (Å²) in [5.41, 5.74) is 3.06. The Hall–Kier alpha value is -3.22. The van der Waals surface area contributed by atoms with Gasteiger partial charge in [-0.05, 0) is 48.2 Å². The maximum absolute atomic E-state index is 13.8. The largest absolute Gasteiger partial charge is 0.334 e. The van der Waals surface area contributed by atoms with Gasteiger partial charge >= 0.3 is 0 Å². The lowest BCUT2D eigenvalue weighted by atomic mass is 10.1. The number of carbonyl (C=O) groups is 1. The maximum atomic E-state index is 13.8. The maximum Gasteiger partial charge on any atom is 0.263 e. The number of hydrogen-bond donors (Lipinski definition) is 1. The molecule has 7 heteroatoms. The van der Waals surface area contributed by atoms with Crippen molar-refractivity contribution in [2.75, 3.05) is 5.32 Å². The van der Waals surface area contributed by atoms with Crippen LogP contribution < -0.4 is 5.32 Å². The lowest BCUT2D eigenvalue weighted by Gasteiger charge is -2.04. The van der Waals surface area contributed by atoms with Gasteiger partial charge in [-0.1, -0.05) is 6.07 Å². The van der Waals surface area contributed by atoms with Gasteiger partial charge in [-0.25, -0.2) is 14.4 Å². The number of fused-ring (bicyclic) bond motifs is 2. The van der Waals surface area contributed by atoms with Gasteiger partial charge < -0.3 is 14.3 Å². The Kier molecular flexibility index (Phi) is 2.98. The molecule has 26 heavy (non-hydrogen) atoms. The molecule has 1 amide bonds. The van der Waals surface area contributed by atoms with E-state index in [4.69, 9.17) is 0 Å².